The molecule has 1 fully saturated rings. The summed E-state index contributed by atoms with van der Waals surface area (Å²) in [6.07, 6.45) is 2.79. The largest absolute Gasteiger partial charge is 0.355 e. The fraction of sp³-hybridized carbons (Fsp3) is 0.389. The smallest absolute Gasteiger partial charge is 0.227 e. The summed E-state index contributed by atoms with van der Waals surface area (Å²) in [5.41, 5.74) is 0.776. The zero-order valence-corrected chi connectivity index (χ0v) is 14.8. The topological polar surface area (TPSA) is 62.3 Å². The van der Waals surface area contributed by atoms with Gasteiger partial charge in [0.15, 0.2) is 0 Å². The lowest BCUT2D eigenvalue weighted by Gasteiger charge is -2.38. The van der Waals surface area contributed by atoms with E-state index >= 15 is 0 Å². The molecule has 1 aromatic heterocycles. The highest BCUT2D eigenvalue weighted by Gasteiger charge is 2.35. The molecule has 0 unspecified atom stereocenters. The van der Waals surface area contributed by atoms with Gasteiger partial charge in [0, 0.05) is 37.1 Å². The van der Waals surface area contributed by atoms with Crippen molar-refractivity contribution in [3.8, 4) is 0 Å². The predicted molar refractivity (Wildman–Crippen MR) is 93.7 cm³/mol. The Hall–Kier alpha value is -2.28. The van der Waals surface area contributed by atoms with Crippen LogP contribution in [-0.2, 0) is 22.4 Å². The van der Waals surface area contributed by atoms with E-state index in [1.807, 2.05) is 13.1 Å². The van der Waals surface area contributed by atoms with Crippen molar-refractivity contribution in [2.75, 3.05) is 19.6 Å². The van der Waals surface area contributed by atoms with Crippen molar-refractivity contribution in [1.29, 1.82) is 0 Å². The molecule has 1 saturated heterocycles. The number of hydrogen-bond acceptors (Lipinski definition) is 4. The monoisotopic (exact) mass is 361 g/mol. The number of rotatable bonds is 6. The molecule has 3 rings (SSSR count). The average Bonchev–Trinajstić information content (AvgIpc) is 2.93. The minimum atomic E-state index is -0.315. The minimum absolute atomic E-state index is 0.0147. The van der Waals surface area contributed by atoms with Gasteiger partial charge < -0.3 is 10.2 Å². The summed E-state index contributed by atoms with van der Waals surface area (Å²) in [7, 11) is 0. The maximum absolute atomic E-state index is 12.9. The third-order valence-electron chi connectivity index (χ3n) is 4.18. The first-order valence-corrected chi connectivity index (χ1v) is 9.04. The molecule has 1 N–H and O–H groups in total. The van der Waals surface area contributed by atoms with E-state index in [0.717, 1.165) is 21.9 Å². The number of carbonyl (C=O) groups excluding carboxylic acids is 2. The van der Waals surface area contributed by atoms with E-state index in [0.29, 0.717) is 19.6 Å². The second-order valence-electron chi connectivity index (χ2n) is 6.20. The van der Waals surface area contributed by atoms with E-state index < -0.39 is 0 Å². The van der Waals surface area contributed by atoms with Gasteiger partial charge in [-0.15, -0.1) is 11.3 Å². The third kappa shape index (κ3) is 4.63. The van der Waals surface area contributed by atoms with Crippen molar-refractivity contribution in [3.63, 3.8) is 0 Å². The number of aryl methyl sites for hydroxylation is 1. The van der Waals surface area contributed by atoms with E-state index in [1.54, 1.807) is 28.4 Å². The quantitative estimate of drug-likeness (QED) is 0.855. The van der Waals surface area contributed by atoms with E-state index in [2.05, 4.69) is 10.3 Å². The molecule has 2 amide bonds. The Bertz CT molecular complexity index is 754. The Labute approximate surface area is 149 Å². The number of hydrogen-bond donors (Lipinski definition) is 1. The first-order valence-electron chi connectivity index (χ1n) is 8.22. The Kier molecular flexibility index (Phi) is 5.43. The normalized spacial score (nSPS) is 14.2. The van der Waals surface area contributed by atoms with Crippen molar-refractivity contribution in [3.05, 3.63) is 51.7 Å². The molecule has 0 aliphatic carbocycles. The SMILES string of the molecule is Cc1cnc(CCNC(=O)C2CN(C(=O)Cc3ccc(F)cc3)C2)s1. The second kappa shape index (κ2) is 7.74. The third-order valence-corrected chi connectivity index (χ3v) is 5.15. The molecule has 0 saturated carbocycles. The lowest BCUT2D eigenvalue weighted by molar-refractivity contribution is -0.142. The molecule has 0 radical (unpaired) electrons. The Balaban J connectivity index is 1.37. The van der Waals surface area contributed by atoms with Gasteiger partial charge in [-0.3, -0.25) is 9.59 Å². The molecule has 25 heavy (non-hydrogen) atoms. The lowest BCUT2D eigenvalue weighted by atomic mass is 9.98. The molecule has 0 spiro atoms. The van der Waals surface area contributed by atoms with Crippen LogP contribution in [0.2, 0.25) is 0 Å². The van der Waals surface area contributed by atoms with Crippen LogP contribution in [0.15, 0.2) is 30.5 Å². The van der Waals surface area contributed by atoms with Gasteiger partial charge in [-0.1, -0.05) is 12.1 Å². The van der Waals surface area contributed by atoms with Gasteiger partial charge >= 0.3 is 0 Å². The van der Waals surface area contributed by atoms with E-state index in [9.17, 15) is 14.0 Å². The molecule has 132 valence electrons. The van der Waals surface area contributed by atoms with Crippen molar-refractivity contribution in [2.45, 2.75) is 19.8 Å². The molecule has 5 nitrogen and oxygen atoms in total. The van der Waals surface area contributed by atoms with Gasteiger partial charge in [0.2, 0.25) is 11.8 Å². The van der Waals surface area contributed by atoms with Crippen LogP contribution < -0.4 is 5.32 Å². The van der Waals surface area contributed by atoms with Crippen LogP contribution in [0.1, 0.15) is 15.4 Å². The molecule has 0 atom stereocenters. The molecule has 1 aromatic carbocycles. The molecule has 1 aliphatic rings. The maximum atomic E-state index is 12.9. The van der Waals surface area contributed by atoms with Crippen LogP contribution in [0, 0.1) is 18.7 Å². The Morgan fingerprint density at radius 1 is 1.32 bits per heavy atom. The predicted octanol–water partition coefficient (Wildman–Crippen LogP) is 1.95. The zero-order valence-electron chi connectivity index (χ0n) is 14.0. The highest BCUT2D eigenvalue weighted by molar-refractivity contribution is 7.11. The first kappa shape index (κ1) is 17.5. The van der Waals surface area contributed by atoms with Crippen molar-refractivity contribution in [2.24, 2.45) is 5.92 Å². The van der Waals surface area contributed by atoms with Gasteiger partial charge in [0.05, 0.1) is 17.3 Å². The highest BCUT2D eigenvalue weighted by atomic mass is 32.1. The number of amides is 2. The summed E-state index contributed by atoms with van der Waals surface area (Å²) in [4.78, 5) is 31.3. The molecule has 0 bridgehead atoms. The number of likely N-dealkylation sites (tertiary alicyclic amines) is 1. The molecule has 2 aromatic rings. The zero-order chi connectivity index (χ0) is 17.8. The number of thiazole rings is 1. The molecule has 2 heterocycles. The average molecular weight is 361 g/mol. The summed E-state index contributed by atoms with van der Waals surface area (Å²) in [5, 5.41) is 3.92. The summed E-state index contributed by atoms with van der Waals surface area (Å²) in [5.74, 6) is -0.506. The Morgan fingerprint density at radius 3 is 2.68 bits per heavy atom. The van der Waals surface area contributed by atoms with Gasteiger partial charge in [0.25, 0.3) is 0 Å². The summed E-state index contributed by atoms with van der Waals surface area (Å²) < 4.78 is 12.9. The molecular formula is C18H20FN3O2S. The Morgan fingerprint density at radius 2 is 2.04 bits per heavy atom. The van der Waals surface area contributed by atoms with Gasteiger partial charge in [-0.2, -0.15) is 0 Å². The number of nitrogens with zero attached hydrogens (tertiary/aromatic N) is 2. The van der Waals surface area contributed by atoms with Crippen LogP contribution in [0.5, 0.6) is 0 Å². The van der Waals surface area contributed by atoms with Crippen LogP contribution in [-0.4, -0.2) is 41.3 Å². The van der Waals surface area contributed by atoms with E-state index in [4.69, 9.17) is 0 Å². The molecule has 1 aliphatic heterocycles. The highest BCUT2D eigenvalue weighted by Crippen LogP contribution is 2.18. The van der Waals surface area contributed by atoms with Crippen LogP contribution in [0.25, 0.3) is 0 Å². The van der Waals surface area contributed by atoms with Crippen LogP contribution >= 0.6 is 11.3 Å². The number of halogens is 1. The fourth-order valence-electron chi connectivity index (χ4n) is 2.69. The fourth-order valence-corrected chi connectivity index (χ4v) is 3.48. The van der Waals surface area contributed by atoms with Crippen molar-refractivity contribution >= 4 is 23.2 Å². The molecular weight excluding hydrogens is 341 g/mol. The standard InChI is InChI=1S/C18H20FN3O2S/c1-12-9-21-16(25-12)6-7-20-18(24)14-10-22(11-14)17(23)8-13-2-4-15(19)5-3-13/h2-5,9,14H,6-8,10-11H2,1H3,(H,20,24). The summed E-state index contributed by atoms with van der Waals surface area (Å²) in [6, 6.07) is 5.91. The summed E-state index contributed by atoms with van der Waals surface area (Å²) in [6.45, 7) is 3.46. The number of benzene rings is 1. The van der Waals surface area contributed by atoms with Gasteiger partial charge in [0.1, 0.15) is 5.82 Å². The van der Waals surface area contributed by atoms with Crippen LogP contribution in [0.4, 0.5) is 4.39 Å². The van der Waals surface area contributed by atoms with Crippen LogP contribution in [0.3, 0.4) is 0 Å². The second-order valence-corrected chi connectivity index (χ2v) is 7.52. The van der Waals surface area contributed by atoms with Crippen molar-refractivity contribution in [1.82, 2.24) is 15.2 Å². The van der Waals surface area contributed by atoms with Gasteiger partial charge in [-0.25, -0.2) is 9.37 Å². The first-order chi connectivity index (χ1) is 12.0. The number of carbonyl (C=O) groups is 2. The maximum Gasteiger partial charge on any atom is 0.227 e. The van der Waals surface area contributed by atoms with Crippen molar-refractivity contribution < 1.29 is 14.0 Å². The minimum Gasteiger partial charge on any atom is -0.355 e. The number of nitrogens with one attached hydrogen (secondary N) is 1. The molecule has 7 heteroatoms. The lowest BCUT2D eigenvalue weighted by Crippen LogP contribution is -2.56. The summed E-state index contributed by atoms with van der Waals surface area (Å²) >= 11 is 1.63. The van der Waals surface area contributed by atoms with E-state index in [-0.39, 0.29) is 30.0 Å². The number of aromatic nitrogens is 1. The van der Waals surface area contributed by atoms with Gasteiger partial charge in [-0.05, 0) is 24.6 Å². The van der Waals surface area contributed by atoms with E-state index in [1.165, 1.54) is 12.1 Å².